The van der Waals surface area contributed by atoms with Gasteiger partial charge in [0.05, 0.1) is 19.8 Å². The highest BCUT2D eigenvalue weighted by molar-refractivity contribution is 7.80. The normalized spacial score (nSPS) is 15.5. The minimum atomic E-state index is 0.0485. The van der Waals surface area contributed by atoms with E-state index in [1.54, 1.807) is 7.11 Å². The van der Waals surface area contributed by atoms with Gasteiger partial charge in [0, 0.05) is 30.7 Å². The number of methoxy groups -OCH3 is 1. The second kappa shape index (κ2) is 8.57. The maximum absolute atomic E-state index is 5.82. The lowest BCUT2D eigenvalue weighted by Gasteiger charge is -2.39. The number of nitrogens with zero attached hydrogens (tertiary/aromatic N) is 2. The van der Waals surface area contributed by atoms with Gasteiger partial charge in [-0.15, -0.1) is 0 Å². The third-order valence-electron chi connectivity index (χ3n) is 5.15. The highest BCUT2D eigenvalue weighted by Gasteiger charge is 2.30. The van der Waals surface area contributed by atoms with E-state index >= 15 is 0 Å². The minimum absolute atomic E-state index is 0.0485. The lowest BCUT2D eigenvalue weighted by molar-refractivity contribution is 0.293. The molecule has 0 fully saturated rings. The van der Waals surface area contributed by atoms with Gasteiger partial charge in [0.1, 0.15) is 11.5 Å². The highest BCUT2D eigenvalue weighted by atomic mass is 32.1. The molecule has 1 aromatic heterocycles. The fourth-order valence-corrected chi connectivity index (χ4v) is 4.05. The first-order valence-electron chi connectivity index (χ1n) is 9.79. The number of ether oxygens (including phenoxy) is 2. The maximum atomic E-state index is 5.82. The smallest absolute Gasteiger partial charge is 0.174 e. The van der Waals surface area contributed by atoms with Crippen LogP contribution in [-0.2, 0) is 6.54 Å². The van der Waals surface area contributed by atoms with Crippen molar-refractivity contribution in [3.63, 3.8) is 0 Å². The average molecular weight is 408 g/mol. The van der Waals surface area contributed by atoms with Crippen LogP contribution in [0.15, 0.2) is 66.9 Å². The second-order valence-corrected chi connectivity index (χ2v) is 7.27. The average Bonchev–Trinajstić information content (AvgIpc) is 3.23. The van der Waals surface area contributed by atoms with Gasteiger partial charge in [-0.3, -0.25) is 0 Å². The lowest BCUT2D eigenvalue weighted by atomic mass is 10.00. The zero-order valence-corrected chi connectivity index (χ0v) is 17.5. The fourth-order valence-electron chi connectivity index (χ4n) is 3.74. The number of aromatic nitrogens is 1. The van der Waals surface area contributed by atoms with E-state index in [9.17, 15) is 0 Å². The number of benzene rings is 2. The Bertz CT molecular complexity index is 967. The fraction of sp³-hybridized carbons (Fsp3) is 0.261. The monoisotopic (exact) mass is 407 g/mol. The first kappa shape index (κ1) is 19.3. The van der Waals surface area contributed by atoms with E-state index < -0.39 is 0 Å². The highest BCUT2D eigenvalue weighted by Crippen LogP contribution is 2.33. The molecule has 0 amide bonds. The van der Waals surface area contributed by atoms with Crippen LogP contribution in [0.25, 0.3) is 0 Å². The van der Waals surface area contributed by atoms with E-state index in [-0.39, 0.29) is 6.04 Å². The predicted molar refractivity (Wildman–Crippen MR) is 120 cm³/mol. The molecule has 1 unspecified atom stereocenters. The number of fused-ring (bicyclic) bond motifs is 1. The maximum Gasteiger partial charge on any atom is 0.174 e. The summed E-state index contributed by atoms with van der Waals surface area (Å²) in [5.41, 5.74) is 3.37. The van der Waals surface area contributed by atoms with Crippen molar-refractivity contribution in [1.82, 2.24) is 9.47 Å². The van der Waals surface area contributed by atoms with Crippen LogP contribution in [0.4, 0.5) is 5.69 Å². The number of hydrogen-bond donors (Lipinski definition) is 1. The Balaban J connectivity index is 1.59. The number of anilines is 1. The van der Waals surface area contributed by atoms with Crippen LogP contribution in [0, 0.1) is 0 Å². The van der Waals surface area contributed by atoms with E-state index in [1.807, 2.05) is 43.3 Å². The first-order valence-corrected chi connectivity index (χ1v) is 10.2. The molecule has 6 heteroatoms. The molecule has 150 valence electrons. The van der Waals surface area contributed by atoms with Crippen molar-refractivity contribution in [2.45, 2.75) is 19.5 Å². The lowest BCUT2D eigenvalue weighted by Crippen LogP contribution is -2.44. The molecule has 2 aromatic carbocycles. The molecule has 0 aliphatic carbocycles. The van der Waals surface area contributed by atoms with Crippen molar-refractivity contribution < 1.29 is 9.47 Å². The van der Waals surface area contributed by atoms with Crippen LogP contribution in [-0.4, -0.2) is 34.8 Å². The standard InChI is InChI=1S/C23H25N3O2S/c1-3-28-20-12-8-18(9-13-20)24-23(29)26-16-15-25-14-4-5-21(25)22(26)17-6-10-19(27-2)11-7-17/h4-14,22H,3,15-16H2,1-2H3,(H,24,29). The number of hydrogen-bond acceptors (Lipinski definition) is 3. The Labute approximate surface area is 176 Å². The Morgan fingerprint density at radius 1 is 1.03 bits per heavy atom. The van der Waals surface area contributed by atoms with Gasteiger partial charge in [0.15, 0.2) is 5.11 Å². The SMILES string of the molecule is CCOc1ccc(NC(=S)N2CCn3cccc3C2c2ccc(OC)cc2)cc1. The van der Waals surface area contributed by atoms with E-state index in [0.29, 0.717) is 11.7 Å². The summed E-state index contributed by atoms with van der Waals surface area (Å²) in [7, 11) is 1.68. The van der Waals surface area contributed by atoms with Gasteiger partial charge in [-0.2, -0.15) is 0 Å². The Kier molecular flexibility index (Phi) is 5.71. The molecule has 1 aliphatic heterocycles. The van der Waals surface area contributed by atoms with Gasteiger partial charge in [0.25, 0.3) is 0 Å². The van der Waals surface area contributed by atoms with Crippen molar-refractivity contribution in [1.29, 1.82) is 0 Å². The summed E-state index contributed by atoms with van der Waals surface area (Å²) in [6.45, 7) is 4.37. The zero-order valence-electron chi connectivity index (χ0n) is 16.7. The number of thiocarbonyl (C=S) groups is 1. The molecule has 1 N–H and O–H groups in total. The second-order valence-electron chi connectivity index (χ2n) is 6.88. The molecule has 5 nitrogen and oxygen atoms in total. The number of rotatable bonds is 5. The molecule has 0 saturated heterocycles. The van der Waals surface area contributed by atoms with Crippen LogP contribution < -0.4 is 14.8 Å². The van der Waals surface area contributed by atoms with Crippen LogP contribution in [0.2, 0.25) is 0 Å². The summed E-state index contributed by atoms with van der Waals surface area (Å²) in [5.74, 6) is 1.71. The molecule has 1 atom stereocenters. The molecule has 0 bridgehead atoms. The predicted octanol–water partition coefficient (Wildman–Crippen LogP) is 4.70. The van der Waals surface area contributed by atoms with Gasteiger partial charge in [-0.05, 0) is 73.2 Å². The quantitative estimate of drug-likeness (QED) is 0.621. The minimum Gasteiger partial charge on any atom is -0.497 e. The van der Waals surface area contributed by atoms with Gasteiger partial charge < -0.3 is 24.3 Å². The first-order chi connectivity index (χ1) is 14.2. The Morgan fingerprint density at radius 3 is 2.45 bits per heavy atom. The molecule has 1 aliphatic rings. The van der Waals surface area contributed by atoms with E-state index in [0.717, 1.165) is 30.3 Å². The molecular weight excluding hydrogens is 382 g/mol. The van der Waals surface area contributed by atoms with Crippen LogP contribution >= 0.6 is 12.2 Å². The molecule has 3 aromatic rings. The number of nitrogens with one attached hydrogen (secondary N) is 1. The Hall–Kier alpha value is -2.99. The molecule has 0 spiro atoms. The summed E-state index contributed by atoms with van der Waals surface area (Å²) in [6, 6.07) is 20.4. The van der Waals surface area contributed by atoms with Gasteiger partial charge >= 0.3 is 0 Å². The van der Waals surface area contributed by atoms with Crippen LogP contribution in [0.5, 0.6) is 11.5 Å². The van der Waals surface area contributed by atoms with Gasteiger partial charge in [-0.1, -0.05) is 12.1 Å². The molecule has 29 heavy (non-hydrogen) atoms. The van der Waals surface area contributed by atoms with Crippen molar-refractivity contribution in [3.05, 3.63) is 78.1 Å². The van der Waals surface area contributed by atoms with E-state index in [2.05, 4.69) is 45.2 Å². The van der Waals surface area contributed by atoms with Crippen molar-refractivity contribution in [3.8, 4) is 11.5 Å². The largest absolute Gasteiger partial charge is 0.497 e. The molecule has 2 heterocycles. The molecule has 0 saturated carbocycles. The van der Waals surface area contributed by atoms with Crippen LogP contribution in [0.1, 0.15) is 24.2 Å². The zero-order chi connectivity index (χ0) is 20.2. The van der Waals surface area contributed by atoms with Crippen molar-refractivity contribution in [2.75, 3.05) is 25.6 Å². The van der Waals surface area contributed by atoms with Gasteiger partial charge in [-0.25, -0.2) is 0 Å². The van der Waals surface area contributed by atoms with E-state index in [1.165, 1.54) is 11.3 Å². The summed E-state index contributed by atoms with van der Waals surface area (Å²) < 4.78 is 13.1. The molecule has 0 radical (unpaired) electrons. The van der Waals surface area contributed by atoms with Crippen molar-refractivity contribution in [2.24, 2.45) is 0 Å². The third-order valence-corrected chi connectivity index (χ3v) is 5.48. The van der Waals surface area contributed by atoms with Gasteiger partial charge in [0.2, 0.25) is 0 Å². The summed E-state index contributed by atoms with van der Waals surface area (Å²) in [5, 5.41) is 4.10. The Morgan fingerprint density at radius 2 is 1.76 bits per heavy atom. The van der Waals surface area contributed by atoms with Crippen LogP contribution in [0.3, 0.4) is 0 Å². The topological polar surface area (TPSA) is 38.7 Å². The molecular formula is C23H25N3O2S. The summed E-state index contributed by atoms with van der Waals surface area (Å²) in [6.07, 6.45) is 2.13. The third kappa shape index (κ3) is 4.07. The molecule has 4 rings (SSSR count). The van der Waals surface area contributed by atoms with Crippen molar-refractivity contribution >= 4 is 23.0 Å². The summed E-state index contributed by atoms with van der Waals surface area (Å²) in [4.78, 5) is 2.25. The van der Waals surface area contributed by atoms with E-state index in [4.69, 9.17) is 21.7 Å². The summed E-state index contributed by atoms with van der Waals surface area (Å²) >= 11 is 5.82.